The smallest absolute Gasteiger partial charge is 0.0229 e. The second kappa shape index (κ2) is 2.46. The maximum Gasteiger partial charge on any atom is 0.0229 e. The number of nitrogens with one attached hydrogen (secondary N) is 1. The molecule has 0 saturated carbocycles. The van der Waals surface area contributed by atoms with E-state index in [1.165, 1.54) is 13.0 Å². The lowest BCUT2D eigenvalue weighted by Gasteiger charge is -2.37. The molecule has 0 aromatic heterocycles. The van der Waals surface area contributed by atoms with Gasteiger partial charge in [0.2, 0.25) is 0 Å². The summed E-state index contributed by atoms with van der Waals surface area (Å²) in [5, 5.41) is 3.16. The van der Waals surface area contributed by atoms with Gasteiger partial charge in [0.15, 0.2) is 0 Å². The van der Waals surface area contributed by atoms with E-state index in [9.17, 15) is 0 Å². The predicted octanol–water partition coefficient (Wildman–Crippen LogP) is -0.0901. The number of nitrogens with zero attached hydrogens (tertiary/aromatic N) is 1. The highest BCUT2D eigenvalue weighted by atomic mass is 15.2. The zero-order valence-corrected chi connectivity index (χ0v) is 5.65. The minimum absolute atomic E-state index is 0.819. The van der Waals surface area contributed by atoms with Crippen molar-refractivity contribution in [3.05, 3.63) is 0 Å². The van der Waals surface area contributed by atoms with Gasteiger partial charge in [0.05, 0.1) is 0 Å². The Balaban J connectivity index is 2.08. The van der Waals surface area contributed by atoms with Crippen molar-refractivity contribution in [2.75, 3.05) is 27.2 Å². The van der Waals surface area contributed by atoms with Crippen LogP contribution in [0.2, 0.25) is 0 Å². The zero-order chi connectivity index (χ0) is 5.98. The number of rotatable bonds is 2. The molecule has 0 aromatic carbocycles. The molecule has 1 aliphatic rings. The lowest BCUT2D eigenvalue weighted by Crippen LogP contribution is -2.49. The van der Waals surface area contributed by atoms with E-state index in [1.54, 1.807) is 0 Å². The van der Waals surface area contributed by atoms with E-state index < -0.39 is 0 Å². The largest absolute Gasteiger partial charge is 0.318 e. The van der Waals surface area contributed by atoms with Gasteiger partial charge in [-0.3, -0.25) is 0 Å². The molecule has 1 rings (SSSR count). The summed E-state index contributed by atoms with van der Waals surface area (Å²) in [5.41, 5.74) is 0. The summed E-state index contributed by atoms with van der Waals surface area (Å²) >= 11 is 0. The fraction of sp³-hybridized carbons (Fsp3) is 1.00. The number of hydrogen-bond acceptors (Lipinski definition) is 2. The third kappa shape index (κ3) is 1.01. The Morgan fingerprint density at radius 2 is 2.50 bits per heavy atom. The van der Waals surface area contributed by atoms with Gasteiger partial charge in [-0.25, -0.2) is 0 Å². The van der Waals surface area contributed by atoms with E-state index in [-0.39, 0.29) is 0 Å². The van der Waals surface area contributed by atoms with Gasteiger partial charge in [-0.15, -0.1) is 0 Å². The first kappa shape index (κ1) is 6.05. The molecular formula is C6H14N2. The summed E-state index contributed by atoms with van der Waals surface area (Å²) in [6.45, 7) is 2.43. The molecule has 0 aliphatic carbocycles. The van der Waals surface area contributed by atoms with Crippen molar-refractivity contribution in [3.8, 4) is 0 Å². The minimum Gasteiger partial charge on any atom is -0.318 e. The summed E-state index contributed by atoms with van der Waals surface area (Å²) < 4.78 is 0. The molecule has 8 heavy (non-hydrogen) atoms. The molecule has 1 N–H and O–H groups in total. The van der Waals surface area contributed by atoms with Crippen LogP contribution in [-0.4, -0.2) is 38.1 Å². The standard InChI is InChI=1S/C6H14N2/c1-7-5-6-3-4-8(6)2/h6-7H,3-5H2,1-2H3. The molecule has 2 heteroatoms. The normalized spacial score (nSPS) is 30.0. The van der Waals surface area contributed by atoms with E-state index in [0.717, 1.165) is 12.6 Å². The summed E-state index contributed by atoms with van der Waals surface area (Å²) in [6, 6.07) is 0.819. The molecular weight excluding hydrogens is 100 g/mol. The molecule has 0 amide bonds. The van der Waals surface area contributed by atoms with Crippen molar-refractivity contribution in [3.63, 3.8) is 0 Å². The number of likely N-dealkylation sites (N-methyl/N-ethyl adjacent to an activating group) is 2. The van der Waals surface area contributed by atoms with Crippen LogP contribution in [0.25, 0.3) is 0 Å². The van der Waals surface area contributed by atoms with Crippen LogP contribution in [0.1, 0.15) is 6.42 Å². The SMILES string of the molecule is CNCC1CCN1C. The summed E-state index contributed by atoms with van der Waals surface area (Å²) in [5.74, 6) is 0. The van der Waals surface area contributed by atoms with E-state index in [4.69, 9.17) is 0 Å². The fourth-order valence-corrected chi connectivity index (χ4v) is 1.06. The molecule has 1 unspecified atom stereocenters. The van der Waals surface area contributed by atoms with Gasteiger partial charge >= 0.3 is 0 Å². The van der Waals surface area contributed by atoms with Crippen LogP contribution in [0.15, 0.2) is 0 Å². The third-order valence-electron chi connectivity index (χ3n) is 1.88. The van der Waals surface area contributed by atoms with E-state index >= 15 is 0 Å². The second-order valence-electron chi connectivity index (χ2n) is 2.48. The average molecular weight is 114 g/mol. The molecule has 48 valence electrons. The molecule has 2 nitrogen and oxygen atoms in total. The minimum atomic E-state index is 0.819. The second-order valence-corrected chi connectivity index (χ2v) is 2.48. The Kier molecular flexibility index (Phi) is 1.86. The molecule has 1 heterocycles. The summed E-state index contributed by atoms with van der Waals surface area (Å²) in [6.07, 6.45) is 1.37. The Labute approximate surface area is 50.9 Å². The van der Waals surface area contributed by atoms with Gasteiger partial charge < -0.3 is 10.2 Å². The number of likely N-dealkylation sites (tertiary alicyclic amines) is 1. The van der Waals surface area contributed by atoms with Gasteiger partial charge in [0, 0.05) is 12.6 Å². The quantitative estimate of drug-likeness (QED) is 0.539. The summed E-state index contributed by atoms with van der Waals surface area (Å²) in [4.78, 5) is 2.37. The molecule has 0 bridgehead atoms. The molecule has 0 spiro atoms. The van der Waals surface area contributed by atoms with Crippen LogP contribution in [-0.2, 0) is 0 Å². The molecule has 1 fully saturated rings. The van der Waals surface area contributed by atoms with Crippen molar-refractivity contribution in [2.45, 2.75) is 12.5 Å². The van der Waals surface area contributed by atoms with Gasteiger partial charge in [0.25, 0.3) is 0 Å². The Morgan fingerprint density at radius 1 is 1.75 bits per heavy atom. The first-order valence-corrected chi connectivity index (χ1v) is 3.19. The third-order valence-corrected chi connectivity index (χ3v) is 1.88. The average Bonchev–Trinajstić information content (AvgIpc) is 1.79. The molecule has 0 radical (unpaired) electrons. The van der Waals surface area contributed by atoms with Crippen molar-refractivity contribution in [1.29, 1.82) is 0 Å². The van der Waals surface area contributed by atoms with E-state index in [0.29, 0.717) is 0 Å². The van der Waals surface area contributed by atoms with Crippen molar-refractivity contribution >= 4 is 0 Å². The molecule has 0 aromatic rings. The van der Waals surface area contributed by atoms with Crippen molar-refractivity contribution < 1.29 is 0 Å². The van der Waals surface area contributed by atoms with Crippen molar-refractivity contribution in [1.82, 2.24) is 10.2 Å². The van der Waals surface area contributed by atoms with Crippen molar-refractivity contribution in [2.24, 2.45) is 0 Å². The van der Waals surface area contributed by atoms with Gasteiger partial charge in [-0.05, 0) is 27.1 Å². The fourth-order valence-electron chi connectivity index (χ4n) is 1.06. The molecule has 1 aliphatic heterocycles. The van der Waals surface area contributed by atoms with Crippen LogP contribution in [0.5, 0.6) is 0 Å². The highest BCUT2D eigenvalue weighted by Crippen LogP contribution is 2.11. The van der Waals surface area contributed by atoms with E-state index in [2.05, 4.69) is 17.3 Å². The van der Waals surface area contributed by atoms with Gasteiger partial charge in [0.1, 0.15) is 0 Å². The van der Waals surface area contributed by atoms with E-state index in [1.807, 2.05) is 7.05 Å². The predicted molar refractivity (Wildman–Crippen MR) is 35.0 cm³/mol. The maximum absolute atomic E-state index is 3.16. The van der Waals surface area contributed by atoms with Crippen LogP contribution in [0.4, 0.5) is 0 Å². The monoisotopic (exact) mass is 114 g/mol. The lowest BCUT2D eigenvalue weighted by atomic mass is 10.1. The Hall–Kier alpha value is -0.0800. The maximum atomic E-state index is 3.16. The highest BCUT2D eigenvalue weighted by molar-refractivity contribution is 4.80. The van der Waals surface area contributed by atoms with Crippen LogP contribution in [0.3, 0.4) is 0 Å². The van der Waals surface area contributed by atoms with Gasteiger partial charge in [-0.2, -0.15) is 0 Å². The topological polar surface area (TPSA) is 15.3 Å². The van der Waals surface area contributed by atoms with Crippen LogP contribution < -0.4 is 5.32 Å². The molecule has 1 saturated heterocycles. The number of hydrogen-bond donors (Lipinski definition) is 1. The Morgan fingerprint density at radius 3 is 2.62 bits per heavy atom. The first-order chi connectivity index (χ1) is 3.84. The zero-order valence-electron chi connectivity index (χ0n) is 5.65. The van der Waals surface area contributed by atoms with Gasteiger partial charge in [-0.1, -0.05) is 0 Å². The highest BCUT2D eigenvalue weighted by Gasteiger charge is 2.22. The lowest BCUT2D eigenvalue weighted by molar-refractivity contribution is 0.127. The van der Waals surface area contributed by atoms with Crippen LogP contribution in [0, 0.1) is 0 Å². The first-order valence-electron chi connectivity index (χ1n) is 3.19. The summed E-state index contributed by atoms with van der Waals surface area (Å²) in [7, 11) is 4.18. The molecule has 1 atom stereocenters. The van der Waals surface area contributed by atoms with Crippen LogP contribution >= 0.6 is 0 Å². The Bertz CT molecular complexity index is 72.9.